The molecule has 1 aromatic carbocycles. The third-order valence-electron chi connectivity index (χ3n) is 5.14. The predicted octanol–water partition coefficient (Wildman–Crippen LogP) is 1.82. The van der Waals surface area contributed by atoms with Crippen molar-refractivity contribution in [3.63, 3.8) is 0 Å². The Hall–Kier alpha value is -1.53. The zero-order valence-electron chi connectivity index (χ0n) is 14.5. The molecule has 1 aromatic rings. The highest BCUT2D eigenvalue weighted by molar-refractivity contribution is 8.00. The number of carbonyl (C=O) groups excluding carboxylic acids is 2. The molecule has 1 aliphatic heterocycles. The van der Waals surface area contributed by atoms with Gasteiger partial charge in [0.1, 0.15) is 0 Å². The Morgan fingerprint density at radius 3 is 2.48 bits per heavy atom. The maximum atomic E-state index is 12.1. The van der Waals surface area contributed by atoms with Crippen molar-refractivity contribution in [2.75, 3.05) is 44.4 Å². The average molecular weight is 362 g/mol. The van der Waals surface area contributed by atoms with E-state index >= 15 is 0 Å². The molecule has 3 rings (SSSR count). The van der Waals surface area contributed by atoms with E-state index in [-0.39, 0.29) is 17.2 Å². The molecule has 0 spiro atoms. The summed E-state index contributed by atoms with van der Waals surface area (Å²) in [5.41, 5.74) is 1.42. The van der Waals surface area contributed by atoms with Crippen molar-refractivity contribution in [2.45, 2.75) is 24.7 Å². The third-order valence-corrected chi connectivity index (χ3v) is 6.06. The highest BCUT2D eigenvalue weighted by atomic mass is 32.2. The Morgan fingerprint density at radius 1 is 1.12 bits per heavy atom. The maximum Gasteiger partial charge on any atom is 0.232 e. The molecule has 0 unspecified atom stereocenters. The first-order valence-corrected chi connectivity index (χ1v) is 10.1. The van der Waals surface area contributed by atoms with Gasteiger partial charge in [-0.15, -0.1) is 11.8 Å². The van der Waals surface area contributed by atoms with Gasteiger partial charge < -0.3 is 15.0 Å². The maximum absolute atomic E-state index is 12.1. The van der Waals surface area contributed by atoms with Gasteiger partial charge in [-0.3, -0.25) is 9.59 Å². The molecule has 25 heavy (non-hydrogen) atoms. The molecule has 0 atom stereocenters. The Bertz CT molecular complexity index is 584. The molecule has 2 fully saturated rings. The molecular formula is C19H26N2O3S. The van der Waals surface area contributed by atoms with E-state index in [4.69, 9.17) is 4.74 Å². The van der Waals surface area contributed by atoms with Gasteiger partial charge in [-0.2, -0.15) is 0 Å². The van der Waals surface area contributed by atoms with Crippen LogP contribution in [0.15, 0.2) is 30.3 Å². The minimum atomic E-state index is 0.0157. The number of nitrogens with zero attached hydrogens (tertiary/aromatic N) is 1. The lowest BCUT2D eigenvalue weighted by Crippen LogP contribution is -2.46. The first-order chi connectivity index (χ1) is 12.2. The Kier molecular flexibility index (Phi) is 6.37. The molecule has 2 amide bonds. The van der Waals surface area contributed by atoms with Gasteiger partial charge in [0.05, 0.1) is 24.7 Å². The molecule has 2 aliphatic rings. The molecule has 1 N–H and O–H groups in total. The summed E-state index contributed by atoms with van der Waals surface area (Å²) in [6.07, 6.45) is 3.47. The van der Waals surface area contributed by atoms with Crippen molar-refractivity contribution in [2.24, 2.45) is 0 Å². The molecule has 1 saturated carbocycles. The summed E-state index contributed by atoms with van der Waals surface area (Å²) in [7, 11) is 0. The number of amides is 2. The van der Waals surface area contributed by atoms with E-state index in [9.17, 15) is 9.59 Å². The molecule has 1 heterocycles. The summed E-state index contributed by atoms with van der Waals surface area (Å²) in [6.45, 7) is 3.22. The van der Waals surface area contributed by atoms with Gasteiger partial charge in [-0.05, 0) is 18.4 Å². The van der Waals surface area contributed by atoms with Gasteiger partial charge in [-0.25, -0.2) is 0 Å². The van der Waals surface area contributed by atoms with Crippen LogP contribution in [0.3, 0.4) is 0 Å². The average Bonchev–Trinajstić information content (AvgIpc) is 2.62. The number of thioether (sulfide) groups is 1. The minimum absolute atomic E-state index is 0.0157. The molecule has 0 radical (unpaired) electrons. The Morgan fingerprint density at radius 2 is 1.84 bits per heavy atom. The standard InChI is InChI=1S/C19H26N2O3S/c22-17(13-25-14-18(23)21-9-11-24-12-10-21)20-15-19(7-4-8-19)16-5-2-1-3-6-16/h1-3,5-6H,4,7-15H2,(H,20,22). The van der Waals surface area contributed by atoms with Crippen LogP contribution in [0.5, 0.6) is 0 Å². The fourth-order valence-corrected chi connectivity index (χ4v) is 4.16. The van der Waals surface area contributed by atoms with Gasteiger partial charge in [-0.1, -0.05) is 36.8 Å². The van der Waals surface area contributed by atoms with Crippen LogP contribution in [0.4, 0.5) is 0 Å². The van der Waals surface area contributed by atoms with E-state index in [0.717, 1.165) is 12.8 Å². The van der Waals surface area contributed by atoms with Gasteiger partial charge in [0, 0.05) is 25.0 Å². The van der Waals surface area contributed by atoms with Crippen molar-refractivity contribution in [1.82, 2.24) is 10.2 Å². The number of hydrogen-bond acceptors (Lipinski definition) is 4. The third kappa shape index (κ3) is 4.76. The normalized spacial score (nSPS) is 19.1. The van der Waals surface area contributed by atoms with Crippen molar-refractivity contribution < 1.29 is 14.3 Å². The van der Waals surface area contributed by atoms with E-state index in [2.05, 4.69) is 29.6 Å². The highest BCUT2D eigenvalue weighted by Crippen LogP contribution is 2.43. The van der Waals surface area contributed by atoms with Crippen LogP contribution in [0.1, 0.15) is 24.8 Å². The number of hydrogen-bond donors (Lipinski definition) is 1. The van der Waals surface area contributed by atoms with Crippen molar-refractivity contribution in [3.8, 4) is 0 Å². The SMILES string of the molecule is O=C(CSCC(=O)N1CCOCC1)NCC1(c2ccccc2)CCC1. The second-order valence-corrected chi connectivity index (χ2v) is 7.75. The van der Waals surface area contributed by atoms with E-state index in [0.29, 0.717) is 44.4 Å². The number of morpholine rings is 1. The Balaban J connectivity index is 1.38. The smallest absolute Gasteiger partial charge is 0.232 e. The molecular weight excluding hydrogens is 336 g/mol. The van der Waals surface area contributed by atoms with Gasteiger partial charge in [0.15, 0.2) is 0 Å². The fraction of sp³-hybridized carbons (Fsp3) is 0.579. The van der Waals surface area contributed by atoms with Crippen molar-refractivity contribution >= 4 is 23.6 Å². The zero-order valence-corrected chi connectivity index (χ0v) is 15.4. The molecule has 6 heteroatoms. The summed E-state index contributed by atoms with van der Waals surface area (Å²) in [6, 6.07) is 10.5. The van der Waals surface area contributed by atoms with E-state index in [1.165, 1.54) is 23.7 Å². The molecule has 5 nitrogen and oxygen atoms in total. The van der Waals surface area contributed by atoms with E-state index in [1.54, 1.807) is 0 Å². The fourth-order valence-electron chi connectivity index (χ4n) is 3.42. The zero-order chi connectivity index (χ0) is 17.5. The summed E-state index contributed by atoms with van der Waals surface area (Å²) >= 11 is 1.39. The minimum Gasteiger partial charge on any atom is -0.378 e. The molecule has 0 bridgehead atoms. The number of carbonyl (C=O) groups is 2. The monoisotopic (exact) mass is 362 g/mol. The van der Waals surface area contributed by atoms with E-state index < -0.39 is 0 Å². The topological polar surface area (TPSA) is 58.6 Å². The van der Waals surface area contributed by atoms with Gasteiger partial charge in [0.2, 0.25) is 11.8 Å². The van der Waals surface area contributed by atoms with Crippen molar-refractivity contribution in [3.05, 3.63) is 35.9 Å². The lowest BCUT2D eigenvalue weighted by molar-refractivity contribution is -0.132. The second-order valence-electron chi connectivity index (χ2n) is 6.76. The quantitative estimate of drug-likeness (QED) is 0.804. The van der Waals surface area contributed by atoms with Crippen LogP contribution >= 0.6 is 11.8 Å². The summed E-state index contributed by atoms with van der Waals surface area (Å²) in [5.74, 6) is 0.806. The second kappa shape index (κ2) is 8.72. The lowest BCUT2D eigenvalue weighted by Gasteiger charge is -2.42. The van der Waals surface area contributed by atoms with Crippen LogP contribution < -0.4 is 5.32 Å². The lowest BCUT2D eigenvalue weighted by atomic mass is 9.64. The van der Waals surface area contributed by atoms with Crippen LogP contribution in [0.25, 0.3) is 0 Å². The number of rotatable bonds is 7. The van der Waals surface area contributed by atoms with Gasteiger partial charge >= 0.3 is 0 Å². The molecule has 1 aliphatic carbocycles. The van der Waals surface area contributed by atoms with Crippen LogP contribution in [0, 0.1) is 0 Å². The largest absolute Gasteiger partial charge is 0.378 e. The molecule has 1 saturated heterocycles. The first-order valence-electron chi connectivity index (χ1n) is 8.95. The summed E-state index contributed by atoms with van der Waals surface area (Å²) < 4.78 is 5.24. The number of benzene rings is 1. The summed E-state index contributed by atoms with van der Waals surface area (Å²) in [4.78, 5) is 26.0. The number of ether oxygens (including phenoxy) is 1. The van der Waals surface area contributed by atoms with Gasteiger partial charge in [0.25, 0.3) is 0 Å². The highest BCUT2D eigenvalue weighted by Gasteiger charge is 2.38. The molecule has 0 aromatic heterocycles. The van der Waals surface area contributed by atoms with Crippen LogP contribution in [-0.4, -0.2) is 61.1 Å². The van der Waals surface area contributed by atoms with Crippen LogP contribution in [0.2, 0.25) is 0 Å². The van der Waals surface area contributed by atoms with Crippen LogP contribution in [-0.2, 0) is 19.7 Å². The predicted molar refractivity (Wildman–Crippen MR) is 99.7 cm³/mol. The van der Waals surface area contributed by atoms with E-state index in [1.807, 2.05) is 11.0 Å². The molecule has 136 valence electrons. The first kappa shape index (κ1) is 18.3. The Labute approximate surface area is 153 Å². The number of nitrogens with one attached hydrogen (secondary N) is 1. The summed E-state index contributed by atoms with van der Waals surface area (Å²) in [5, 5.41) is 3.07. The van der Waals surface area contributed by atoms with Crippen molar-refractivity contribution in [1.29, 1.82) is 0 Å².